The van der Waals surface area contributed by atoms with Crippen LogP contribution in [0.5, 0.6) is 0 Å². The highest BCUT2D eigenvalue weighted by Crippen LogP contribution is 2.51. The maximum absolute atomic E-state index is 13.0. The molecular formula is C12H15F2N. The predicted molar refractivity (Wildman–Crippen MR) is 56.1 cm³/mol. The highest BCUT2D eigenvalue weighted by atomic mass is 19.3. The second kappa shape index (κ2) is 3.27. The molecule has 0 saturated heterocycles. The van der Waals surface area contributed by atoms with E-state index in [0.29, 0.717) is 0 Å². The van der Waals surface area contributed by atoms with Crippen molar-refractivity contribution >= 4 is 0 Å². The molecule has 0 radical (unpaired) electrons. The molecule has 1 aromatic carbocycles. The number of halogens is 2. The Bertz CT molecular complexity index is 366. The fourth-order valence-corrected chi connectivity index (χ4v) is 2.44. The Kier molecular flexibility index (Phi) is 2.30. The highest BCUT2D eigenvalue weighted by molar-refractivity contribution is 5.36. The van der Waals surface area contributed by atoms with Crippen LogP contribution in [0.1, 0.15) is 24.0 Å². The van der Waals surface area contributed by atoms with Crippen LogP contribution in [0, 0.1) is 6.92 Å². The van der Waals surface area contributed by atoms with Gasteiger partial charge in [-0.2, -0.15) is 0 Å². The van der Waals surface area contributed by atoms with Crippen LogP contribution in [0.15, 0.2) is 24.3 Å². The Hall–Kier alpha value is -0.960. The molecule has 82 valence electrons. The Labute approximate surface area is 88.5 Å². The maximum atomic E-state index is 13.0. The number of hydrogen-bond donors (Lipinski definition) is 1. The summed E-state index contributed by atoms with van der Waals surface area (Å²) in [6.07, 6.45) is -0.192. The first kappa shape index (κ1) is 10.6. The minimum absolute atomic E-state index is 0.0959. The zero-order valence-electron chi connectivity index (χ0n) is 8.98. The summed E-state index contributed by atoms with van der Waals surface area (Å²) in [4.78, 5) is 0. The number of rotatable bonds is 2. The van der Waals surface area contributed by atoms with Crippen LogP contribution in [0.4, 0.5) is 8.78 Å². The second-order valence-corrected chi connectivity index (χ2v) is 4.36. The first-order valence-electron chi connectivity index (χ1n) is 5.12. The lowest BCUT2D eigenvalue weighted by Crippen LogP contribution is -2.57. The molecule has 3 heteroatoms. The molecule has 0 heterocycles. The Balaban J connectivity index is 2.34. The molecule has 1 aliphatic carbocycles. The van der Waals surface area contributed by atoms with E-state index in [-0.39, 0.29) is 12.8 Å². The summed E-state index contributed by atoms with van der Waals surface area (Å²) in [5, 5.41) is 3.05. The Morgan fingerprint density at radius 2 is 1.80 bits per heavy atom. The third kappa shape index (κ3) is 1.65. The van der Waals surface area contributed by atoms with E-state index in [1.165, 1.54) is 0 Å². The van der Waals surface area contributed by atoms with Gasteiger partial charge in [-0.15, -0.1) is 0 Å². The van der Waals surface area contributed by atoms with Gasteiger partial charge in [0.15, 0.2) is 0 Å². The summed E-state index contributed by atoms with van der Waals surface area (Å²) >= 11 is 0. The molecular weight excluding hydrogens is 196 g/mol. The standard InChI is InChI=1S/C12H15F2N/c1-9-5-3-4-6-10(9)11(15-2)7-12(13,14)8-11/h3-6,15H,7-8H2,1-2H3. The van der Waals surface area contributed by atoms with Crippen LogP contribution in [0.25, 0.3) is 0 Å². The molecule has 0 amide bonds. The molecule has 2 rings (SSSR count). The van der Waals surface area contributed by atoms with Crippen LogP contribution in [-0.4, -0.2) is 13.0 Å². The van der Waals surface area contributed by atoms with Gasteiger partial charge in [0.1, 0.15) is 0 Å². The largest absolute Gasteiger partial charge is 0.310 e. The van der Waals surface area contributed by atoms with Crippen LogP contribution in [0.2, 0.25) is 0 Å². The normalized spacial score (nSPS) is 22.1. The maximum Gasteiger partial charge on any atom is 0.252 e. The van der Waals surface area contributed by atoms with E-state index >= 15 is 0 Å². The van der Waals surface area contributed by atoms with E-state index < -0.39 is 11.5 Å². The summed E-state index contributed by atoms with van der Waals surface area (Å²) in [6, 6.07) is 7.73. The van der Waals surface area contributed by atoms with Gasteiger partial charge in [-0.3, -0.25) is 0 Å². The quantitative estimate of drug-likeness (QED) is 0.793. The number of benzene rings is 1. The molecule has 0 aliphatic heterocycles. The number of hydrogen-bond acceptors (Lipinski definition) is 1. The summed E-state index contributed by atoms with van der Waals surface area (Å²) in [5.41, 5.74) is 1.55. The van der Waals surface area contributed by atoms with Crippen molar-refractivity contribution in [3.63, 3.8) is 0 Å². The van der Waals surface area contributed by atoms with Crippen LogP contribution < -0.4 is 5.32 Å². The average molecular weight is 211 g/mol. The van der Waals surface area contributed by atoms with E-state index in [1.54, 1.807) is 7.05 Å². The summed E-state index contributed by atoms with van der Waals surface area (Å²) in [5.74, 6) is -2.51. The zero-order valence-corrected chi connectivity index (χ0v) is 8.98. The first-order valence-corrected chi connectivity index (χ1v) is 5.12. The van der Waals surface area contributed by atoms with E-state index in [4.69, 9.17) is 0 Å². The molecule has 1 fully saturated rings. The predicted octanol–water partition coefficient (Wildman–Crippen LogP) is 2.84. The third-order valence-corrected chi connectivity index (χ3v) is 3.26. The van der Waals surface area contributed by atoms with Crippen molar-refractivity contribution < 1.29 is 8.78 Å². The van der Waals surface area contributed by atoms with Crippen molar-refractivity contribution in [2.24, 2.45) is 0 Å². The van der Waals surface area contributed by atoms with Crippen LogP contribution in [-0.2, 0) is 5.54 Å². The molecule has 1 nitrogen and oxygen atoms in total. The lowest BCUT2D eigenvalue weighted by Gasteiger charge is -2.48. The van der Waals surface area contributed by atoms with Crippen molar-refractivity contribution in [3.8, 4) is 0 Å². The number of aryl methyl sites for hydroxylation is 1. The smallest absolute Gasteiger partial charge is 0.252 e. The molecule has 0 spiro atoms. The van der Waals surface area contributed by atoms with Crippen LogP contribution in [0.3, 0.4) is 0 Å². The molecule has 0 unspecified atom stereocenters. The minimum atomic E-state index is -2.51. The van der Waals surface area contributed by atoms with Gasteiger partial charge < -0.3 is 5.32 Å². The van der Waals surface area contributed by atoms with Gasteiger partial charge in [-0.25, -0.2) is 8.78 Å². The Morgan fingerprint density at radius 1 is 1.20 bits per heavy atom. The molecule has 1 aromatic rings. The molecule has 0 aromatic heterocycles. The SMILES string of the molecule is CNC1(c2ccccc2C)CC(F)(F)C1. The van der Waals surface area contributed by atoms with Gasteiger partial charge >= 0.3 is 0 Å². The summed E-state index contributed by atoms with van der Waals surface area (Å²) in [6.45, 7) is 1.96. The fraction of sp³-hybridized carbons (Fsp3) is 0.500. The summed E-state index contributed by atoms with van der Waals surface area (Å²) in [7, 11) is 1.75. The van der Waals surface area contributed by atoms with Gasteiger partial charge in [0, 0.05) is 12.8 Å². The van der Waals surface area contributed by atoms with Gasteiger partial charge in [-0.1, -0.05) is 24.3 Å². The lowest BCUT2D eigenvalue weighted by atomic mass is 9.68. The van der Waals surface area contributed by atoms with Crippen molar-refractivity contribution in [1.29, 1.82) is 0 Å². The molecule has 1 N–H and O–H groups in total. The van der Waals surface area contributed by atoms with Gasteiger partial charge in [0.05, 0.1) is 5.54 Å². The van der Waals surface area contributed by atoms with Crippen molar-refractivity contribution in [3.05, 3.63) is 35.4 Å². The van der Waals surface area contributed by atoms with Crippen molar-refractivity contribution in [2.75, 3.05) is 7.05 Å². The molecule has 0 bridgehead atoms. The van der Waals surface area contributed by atoms with Gasteiger partial charge in [-0.05, 0) is 25.1 Å². The van der Waals surface area contributed by atoms with Crippen molar-refractivity contribution in [2.45, 2.75) is 31.2 Å². The van der Waals surface area contributed by atoms with E-state index in [1.807, 2.05) is 31.2 Å². The molecule has 0 atom stereocenters. The Morgan fingerprint density at radius 3 is 2.27 bits per heavy atom. The van der Waals surface area contributed by atoms with Crippen molar-refractivity contribution in [1.82, 2.24) is 5.32 Å². The van der Waals surface area contributed by atoms with Gasteiger partial charge in [0.25, 0.3) is 5.92 Å². The lowest BCUT2D eigenvalue weighted by molar-refractivity contribution is -0.135. The van der Waals surface area contributed by atoms with E-state index in [9.17, 15) is 8.78 Å². The monoisotopic (exact) mass is 211 g/mol. The van der Waals surface area contributed by atoms with E-state index in [2.05, 4.69) is 5.32 Å². The topological polar surface area (TPSA) is 12.0 Å². The zero-order chi connectivity index (χ0) is 11.1. The van der Waals surface area contributed by atoms with Crippen LogP contribution >= 0.6 is 0 Å². The molecule has 15 heavy (non-hydrogen) atoms. The highest BCUT2D eigenvalue weighted by Gasteiger charge is 2.56. The number of alkyl halides is 2. The second-order valence-electron chi connectivity index (χ2n) is 4.36. The minimum Gasteiger partial charge on any atom is -0.310 e. The third-order valence-electron chi connectivity index (χ3n) is 3.26. The van der Waals surface area contributed by atoms with Gasteiger partial charge in [0.2, 0.25) is 0 Å². The number of nitrogens with one attached hydrogen (secondary N) is 1. The fourth-order valence-electron chi connectivity index (χ4n) is 2.44. The molecule has 1 aliphatic rings. The average Bonchev–Trinajstić information content (AvgIpc) is 2.14. The molecule has 1 saturated carbocycles. The van der Waals surface area contributed by atoms with E-state index in [0.717, 1.165) is 11.1 Å². The summed E-state index contributed by atoms with van der Waals surface area (Å²) < 4.78 is 26.0. The first-order chi connectivity index (χ1) is 6.99.